The van der Waals surface area contributed by atoms with E-state index in [0.717, 1.165) is 0 Å². The lowest BCUT2D eigenvalue weighted by Crippen LogP contribution is -2.36. The van der Waals surface area contributed by atoms with Crippen molar-refractivity contribution in [2.75, 3.05) is 0 Å². The molecule has 0 fully saturated rings. The summed E-state index contributed by atoms with van der Waals surface area (Å²) in [6.45, 7) is 1.48. The highest BCUT2D eigenvalue weighted by Crippen LogP contribution is 2.46. The maximum absolute atomic E-state index is 11.6. The molecule has 0 saturated carbocycles. The number of aliphatic carboxylic acids is 2. The van der Waals surface area contributed by atoms with Crippen LogP contribution in [0.5, 0.6) is 0 Å². The Morgan fingerprint density at radius 3 is 2.38 bits per heavy atom. The van der Waals surface area contributed by atoms with Gasteiger partial charge in [0, 0.05) is 11.5 Å². The fourth-order valence-corrected chi connectivity index (χ4v) is 2.78. The van der Waals surface area contributed by atoms with E-state index in [1.54, 1.807) is 6.07 Å². The van der Waals surface area contributed by atoms with E-state index in [9.17, 15) is 19.8 Å². The lowest BCUT2D eigenvalue weighted by Gasteiger charge is -2.34. The summed E-state index contributed by atoms with van der Waals surface area (Å²) in [6, 6.07) is 4.63. The third kappa shape index (κ3) is 2.69. The highest BCUT2D eigenvalue weighted by Gasteiger charge is 2.45. The molecule has 0 amide bonds. The summed E-state index contributed by atoms with van der Waals surface area (Å²) in [5.74, 6) is -3.13. The van der Waals surface area contributed by atoms with E-state index in [0.29, 0.717) is 10.6 Å². The van der Waals surface area contributed by atoms with Crippen molar-refractivity contribution in [3.8, 4) is 0 Å². The number of halogens is 2. The smallest absolute Gasteiger partial charge is 0.332 e. The van der Waals surface area contributed by atoms with Gasteiger partial charge < -0.3 is 10.2 Å². The number of benzene rings is 1. The quantitative estimate of drug-likeness (QED) is 0.887. The van der Waals surface area contributed by atoms with Crippen molar-refractivity contribution in [3.63, 3.8) is 0 Å². The molecule has 0 spiro atoms. The molecule has 0 saturated heterocycles. The molecule has 0 radical (unpaired) electrons. The minimum atomic E-state index is -1.38. The Kier molecular flexibility index (Phi) is 4.12. The van der Waals surface area contributed by atoms with Gasteiger partial charge in [-0.1, -0.05) is 47.5 Å². The van der Waals surface area contributed by atoms with E-state index in [1.807, 2.05) is 0 Å². The van der Waals surface area contributed by atoms with Crippen molar-refractivity contribution < 1.29 is 19.8 Å². The topological polar surface area (TPSA) is 74.6 Å². The Bertz CT molecular complexity index is 678. The van der Waals surface area contributed by atoms with Crippen molar-refractivity contribution in [1.82, 2.24) is 0 Å². The SMILES string of the molecule is CC1(C(=O)O)C=CC=C(C(=O)O)C1c1ccc(Cl)c(Cl)c1. The van der Waals surface area contributed by atoms with Crippen LogP contribution in [0.2, 0.25) is 10.0 Å². The standard InChI is InChI=1S/C15H12Cl2O4/c1-15(14(20)21)6-2-3-9(13(18)19)12(15)8-4-5-10(16)11(17)7-8/h2-7,12H,1H3,(H,18,19)(H,20,21). The lowest BCUT2D eigenvalue weighted by molar-refractivity contribution is -0.146. The fourth-order valence-electron chi connectivity index (χ4n) is 2.47. The normalized spacial score (nSPS) is 24.5. The predicted molar refractivity (Wildman–Crippen MR) is 79.8 cm³/mol. The Labute approximate surface area is 131 Å². The molecular formula is C15H12Cl2O4. The number of hydrogen-bond acceptors (Lipinski definition) is 2. The van der Waals surface area contributed by atoms with Crippen LogP contribution in [-0.2, 0) is 9.59 Å². The maximum atomic E-state index is 11.6. The molecule has 2 atom stereocenters. The van der Waals surface area contributed by atoms with E-state index in [1.165, 1.54) is 37.3 Å². The van der Waals surface area contributed by atoms with Crippen molar-refractivity contribution in [2.45, 2.75) is 12.8 Å². The number of carboxylic acids is 2. The lowest BCUT2D eigenvalue weighted by atomic mass is 9.67. The van der Waals surface area contributed by atoms with E-state index >= 15 is 0 Å². The van der Waals surface area contributed by atoms with Gasteiger partial charge in [-0.05, 0) is 24.6 Å². The molecule has 1 aliphatic rings. The molecule has 0 aromatic heterocycles. The first-order valence-electron chi connectivity index (χ1n) is 6.08. The zero-order valence-corrected chi connectivity index (χ0v) is 12.5. The third-order valence-electron chi connectivity index (χ3n) is 3.61. The molecule has 1 aromatic rings. The summed E-state index contributed by atoms with van der Waals surface area (Å²) >= 11 is 11.8. The Balaban J connectivity index is 2.64. The predicted octanol–water partition coefficient (Wildman–Crippen LogP) is 3.75. The largest absolute Gasteiger partial charge is 0.481 e. The summed E-state index contributed by atoms with van der Waals surface area (Å²) in [5.41, 5.74) is -0.882. The van der Waals surface area contributed by atoms with E-state index in [-0.39, 0.29) is 10.6 Å². The summed E-state index contributed by atoms with van der Waals surface area (Å²) in [4.78, 5) is 23.1. The van der Waals surface area contributed by atoms with Crippen LogP contribution in [0.15, 0.2) is 42.0 Å². The van der Waals surface area contributed by atoms with Crippen molar-refractivity contribution in [3.05, 3.63) is 57.6 Å². The molecule has 2 N–H and O–H groups in total. The molecule has 0 aliphatic heterocycles. The second-order valence-corrected chi connectivity index (χ2v) is 5.80. The molecule has 6 heteroatoms. The van der Waals surface area contributed by atoms with Crippen LogP contribution in [0.1, 0.15) is 18.4 Å². The highest BCUT2D eigenvalue weighted by atomic mass is 35.5. The number of carbonyl (C=O) groups is 2. The van der Waals surface area contributed by atoms with E-state index < -0.39 is 23.3 Å². The van der Waals surface area contributed by atoms with Gasteiger partial charge in [-0.3, -0.25) is 4.79 Å². The first-order valence-corrected chi connectivity index (χ1v) is 6.84. The van der Waals surface area contributed by atoms with Gasteiger partial charge in [0.25, 0.3) is 0 Å². The van der Waals surface area contributed by atoms with Crippen LogP contribution in [0.3, 0.4) is 0 Å². The summed E-state index contributed by atoms with van der Waals surface area (Å²) in [7, 11) is 0. The van der Waals surface area contributed by atoms with Gasteiger partial charge in [0.05, 0.1) is 15.5 Å². The number of allylic oxidation sites excluding steroid dienone is 2. The van der Waals surface area contributed by atoms with Gasteiger partial charge in [-0.25, -0.2) is 4.79 Å². The summed E-state index contributed by atoms with van der Waals surface area (Å²) < 4.78 is 0. The van der Waals surface area contributed by atoms with Gasteiger partial charge >= 0.3 is 11.9 Å². The van der Waals surface area contributed by atoms with Gasteiger partial charge in [0.15, 0.2) is 0 Å². The second kappa shape index (κ2) is 5.54. The van der Waals surface area contributed by atoms with Gasteiger partial charge in [-0.15, -0.1) is 0 Å². The zero-order valence-electron chi connectivity index (χ0n) is 11.0. The molecule has 2 rings (SSSR count). The monoisotopic (exact) mass is 326 g/mol. The van der Waals surface area contributed by atoms with Gasteiger partial charge in [0.1, 0.15) is 0 Å². The number of carboxylic acid groups (broad SMARTS) is 2. The van der Waals surface area contributed by atoms with Crippen LogP contribution in [0.4, 0.5) is 0 Å². The van der Waals surface area contributed by atoms with Gasteiger partial charge in [0.2, 0.25) is 0 Å². The Morgan fingerprint density at radius 2 is 1.86 bits per heavy atom. The van der Waals surface area contributed by atoms with Crippen molar-refractivity contribution in [2.24, 2.45) is 5.41 Å². The zero-order chi connectivity index (χ0) is 15.8. The van der Waals surface area contributed by atoms with Gasteiger partial charge in [-0.2, -0.15) is 0 Å². The van der Waals surface area contributed by atoms with E-state index in [2.05, 4.69) is 0 Å². The molecule has 110 valence electrons. The molecule has 0 bridgehead atoms. The van der Waals surface area contributed by atoms with Crippen molar-refractivity contribution >= 4 is 35.1 Å². The average Bonchev–Trinajstić information content (AvgIpc) is 2.41. The molecular weight excluding hydrogens is 315 g/mol. The van der Waals surface area contributed by atoms with Crippen LogP contribution in [-0.4, -0.2) is 22.2 Å². The minimum Gasteiger partial charge on any atom is -0.481 e. The maximum Gasteiger partial charge on any atom is 0.332 e. The minimum absolute atomic E-state index is 0.000731. The second-order valence-electron chi connectivity index (χ2n) is 4.98. The first-order chi connectivity index (χ1) is 9.77. The summed E-state index contributed by atoms with van der Waals surface area (Å²) in [6.07, 6.45) is 4.33. The molecule has 2 unspecified atom stereocenters. The van der Waals surface area contributed by atoms with Crippen molar-refractivity contribution in [1.29, 1.82) is 0 Å². The van der Waals surface area contributed by atoms with Crippen LogP contribution < -0.4 is 0 Å². The molecule has 1 aliphatic carbocycles. The number of hydrogen-bond donors (Lipinski definition) is 2. The molecule has 0 heterocycles. The summed E-state index contributed by atoms with van der Waals surface area (Å²) in [5, 5.41) is 19.5. The average molecular weight is 327 g/mol. The third-order valence-corrected chi connectivity index (χ3v) is 4.35. The van der Waals surface area contributed by atoms with Crippen LogP contribution in [0, 0.1) is 5.41 Å². The molecule has 4 nitrogen and oxygen atoms in total. The van der Waals surface area contributed by atoms with Crippen LogP contribution >= 0.6 is 23.2 Å². The Hall–Kier alpha value is -1.78. The Morgan fingerprint density at radius 1 is 1.19 bits per heavy atom. The molecule has 21 heavy (non-hydrogen) atoms. The number of rotatable bonds is 3. The molecule has 1 aromatic carbocycles. The first kappa shape index (κ1) is 15.6. The van der Waals surface area contributed by atoms with E-state index in [4.69, 9.17) is 23.2 Å². The van der Waals surface area contributed by atoms with Crippen LogP contribution in [0.25, 0.3) is 0 Å². The fraction of sp³-hybridized carbons (Fsp3) is 0.200. The highest BCUT2D eigenvalue weighted by molar-refractivity contribution is 6.42.